The molecule has 0 bridgehead atoms. The van der Waals surface area contributed by atoms with Crippen LogP contribution in [0.15, 0.2) is 33.3 Å². The van der Waals surface area contributed by atoms with Gasteiger partial charge in [0.1, 0.15) is 12.5 Å². The summed E-state index contributed by atoms with van der Waals surface area (Å²) >= 11 is 3.29. The molecule has 7 nitrogen and oxygen atoms in total. The molecule has 3 heterocycles. The minimum Gasteiger partial charge on any atom is -0.458 e. The van der Waals surface area contributed by atoms with Gasteiger partial charge >= 0.3 is 5.97 Å². The van der Waals surface area contributed by atoms with Crippen LogP contribution in [0.25, 0.3) is 5.57 Å². The van der Waals surface area contributed by atoms with Gasteiger partial charge in [-0.25, -0.2) is 18.4 Å². The Bertz CT molecular complexity index is 1360. The molecule has 0 aliphatic carbocycles. The highest BCUT2D eigenvalue weighted by molar-refractivity contribution is 9.12. The predicted molar refractivity (Wildman–Crippen MR) is 119 cm³/mol. The monoisotopic (exact) mass is 520 g/mol. The summed E-state index contributed by atoms with van der Waals surface area (Å²) in [7, 11) is 1.61. The maximum atomic E-state index is 14.6. The van der Waals surface area contributed by atoms with Gasteiger partial charge in [0.25, 0.3) is 5.56 Å². The van der Waals surface area contributed by atoms with Crippen molar-refractivity contribution in [1.29, 1.82) is 0 Å². The average molecular weight is 521 g/mol. The lowest BCUT2D eigenvalue weighted by atomic mass is 9.87. The SMILES string of the molecule is CC[C@@]1(O)C(=O)OCc2c1ccn(CC1=C(Br)C(=C=O)c3c(F)c(F)cc(C)c3N1C)c2=O. The normalized spacial score (nSPS) is 19.8. The molecule has 2 aliphatic rings. The third-order valence-corrected chi connectivity index (χ3v) is 7.03. The van der Waals surface area contributed by atoms with E-state index in [2.05, 4.69) is 15.9 Å². The number of carbonyl (C=O) groups excluding carboxylic acids is 2. The molecular weight excluding hydrogens is 502 g/mol. The number of benzene rings is 1. The van der Waals surface area contributed by atoms with Gasteiger partial charge in [0.2, 0.25) is 0 Å². The van der Waals surface area contributed by atoms with Gasteiger partial charge in [-0.15, -0.1) is 0 Å². The van der Waals surface area contributed by atoms with E-state index < -0.39 is 28.8 Å². The zero-order valence-electron chi connectivity index (χ0n) is 18.0. The van der Waals surface area contributed by atoms with E-state index in [9.17, 15) is 28.3 Å². The lowest BCUT2D eigenvalue weighted by Crippen LogP contribution is -2.44. The second-order valence-corrected chi connectivity index (χ2v) is 8.73. The minimum atomic E-state index is -1.90. The molecule has 1 N–H and O–H groups in total. The molecule has 0 saturated heterocycles. The van der Waals surface area contributed by atoms with Crippen LogP contribution >= 0.6 is 15.9 Å². The third kappa shape index (κ3) is 3.28. The summed E-state index contributed by atoms with van der Waals surface area (Å²) < 4.78 is 35.2. The molecule has 0 spiro atoms. The standard InChI is InChI=1S/C23H19BrF2N2O5/c1-4-23(32)14-5-6-28(21(30)13(14)10-33-22(23)31)8-16-18(24)12(9-29)17-19(26)15(25)7-11(2)20(17)27(16)3/h5-7,32H,4,8,10H2,1-3H3/t23-/m0/s1. The Morgan fingerprint density at radius 2 is 2.03 bits per heavy atom. The Labute approximate surface area is 195 Å². The van der Waals surface area contributed by atoms with Crippen molar-refractivity contribution in [1.82, 2.24) is 4.57 Å². The van der Waals surface area contributed by atoms with Gasteiger partial charge in [0.15, 0.2) is 17.2 Å². The van der Waals surface area contributed by atoms with Gasteiger partial charge in [-0.3, -0.25) is 4.79 Å². The van der Waals surface area contributed by atoms with Gasteiger partial charge in [-0.05, 0) is 47.0 Å². The van der Waals surface area contributed by atoms with Crippen molar-refractivity contribution in [3.63, 3.8) is 0 Å². The molecule has 4 rings (SSSR count). The highest BCUT2D eigenvalue weighted by atomic mass is 79.9. The number of halogens is 3. The first-order valence-corrected chi connectivity index (χ1v) is 10.8. The molecule has 1 aromatic heterocycles. The van der Waals surface area contributed by atoms with Gasteiger partial charge in [0.05, 0.1) is 39.1 Å². The van der Waals surface area contributed by atoms with E-state index in [0.717, 1.165) is 6.07 Å². The van der Waals surface area contributed by atoms with Crippen LogP contribution < -0.4 is 10.5 Å². The molecule has 33 heavy (non-hydrogen) atoms. The lowest BCUT2D eigenvalue weighted by molar-refractivity contribution is -0.172. The Kier molecular flexibility index (Phi) is 5.64. The molecule has 1 atom stereocenters. The molecule has 0 fully saturated rings. The van der Waals surface area contributed by atoms with Crippen molar-refractivity contribution in [2.45, 2.75) is 39.0 Å². The Morgan fingerprint density at radius 1 is 1.33 bits per heavy atom. The highest BCUT2D eigenvalue weighted by Crippen LogP contribution is 2.45. The van der Waals surface area contributed by atoms with E-state index in [1.165, 1.54) is 16.8 Å². The molecule has 0 saturated carbocycles. The average Bonchev–Trinajstić information content (AvgIpc) is 2.78. The molecule has 0 radical (unpaired) electrons. The number of pyridine rings is 1. The minimum absolute atomic E-state index is 0.0351. The fourth-order valence-corrected chi connectivity index (χ4v) is 5.02. The number of anilines is 1. The largest absolute Gasteiger partial charge is 0.458 e. The number of fused-ring (bicyclic) bond motifs is 2. The van der Waals surface area contributed by atoms with Crippen LogP contribution in [0, 0.1) is 18.6 Å². The molecule has 0 amide bonds. The fourth-order valence-electron chi connectivity index (χ4n) is 4.35. The van der Waals surface area contributed by atoms with Crippen LogP contribution in [0.5, 0.6) is 0 Å². The van der Waals surface area contributed by atoms with Crippen molar-refractivity contribution in [3.05, 3.63) is 72.8 Å². The van der Waals surface area contributed by atoms with Crippen LogP contribution in [-0.2, 0) is 33.1 Å². The van der Waals surface area contributed by atoms with Gasteiger partial charge in [0, 0.05) is 18.8 Å². The summed E-state index contributed by atoms with van der Waals surface area (Å²) in [6, 6.07) is 2.53. The number of cyclic esters (lactones) is 1. The Hall–Kier alpha value is -3.07. The number of carbonyl (C=O) groups is 1. The van der Waals surface area contributed by atoms with E-state index in [1.54, 1.807) is 31.7 Å². The lowest BCUT2D eigenvalue weighted by Gasteiger charge is -2.34. The Morgan fingerprint density at radius 3 is 2.67 bits per heavy atom. The molecule has 172 valence electrons. The number of rotatable bonds is 3. The number of aliphatic hydroxyl groups is 1. The van der Waals surface area contributed by atoms with Crippen LogP contribution in [0.3, 0.4) is 0 Å². The van der Waals surface area contributed by atoms with Gasteiger partial charge < -0.3 is 19.3 Å². The number of nitrogens with zero attached hydrogens (tertiary/aromatic N) is 2. The summed E-state index contributed by atoms with van der Waals surface area (Å²) in [5, 5.41) is 10.7. The van der Waals surface area contributed by atoms with E-state index in [4.69, 9.17) is 4.74 Å². The van der Waals surface area contributed by atoms with Crippen LogP contribution in [0.1, 0.15) is 35.6 Å². The maximum Gasteiger partial charge on any atom is 0.343 e. The summed E-state index contributed by atoms with van der Waals surface area (Å²) in [6.07, 6.45) is 1.47. The van der Waals surface area contributed by atoms with Gasteiger partial charge in [-0.2, -0.15) is 0 Å². The predicted octanol–water partition coefficient (Wildman–Crippen LogP) is 3.06. The quantitative estimate of drug-likeness (QED) is 0.494. The van der Waals surface area contributed by atoms with Gasteiger partial charge in [-0.1, -0.05) is 6.92 Å². The number of aromatic nitrogens is 1. The highest BCUT2D eigenvalue weighted by Gasteiger charge is 2.44. The van der Waals surface area contributed by atoms with E-state index in [1.807, 2.05) is 0 Å². The smallest absolute Gasteiger partial charge is 0.343 e. The zero-order chi connectivity index (χ0) is 24.2. The van der Waals surface area contributed by atoms with Crippen molar-refractivity contribution < 1.29 is 28.2 Å². The zero-order valence-corrected chi connectivity index (χ0v) is 19.5. The van der Waals surface area contributed by atoms with Crippen molar-refractivity contribution in [2.24, 2.45) is 0 Å². The van der Waals surface area contributed by atoms with Crippen LogP contribution in [0.4, 0.5) is 14.5 Å². The summed E-state index contributed by atoms with van der Waals surface area (Å²) in [5.74, 6) is -1.38. The van der Waals surface area contributed by atoms with Crippen molar-refractivity contribution in [3.8, 4) is 0 Å². The first kappa shape index (κ1) is 23.1. The second kappa shape index (κ2) is 8.06. The first-order chi connectivity index (χ1) is 15.6. The number of esters is 1. The Balaban J connectivity index is 1.85. The number of allylic oxidation sites excluding steroid dienone is 3. The number of hydrogen-bond donors (Lipinski definition) is 1. The summed E-state index contributed by atoms with van der Waals surface area (Å²) in [6.45, 7) is 2.86. The molecule has 1 aromatic carbocycles. The fraction of sp³-hybridized carbons (Fsp3) is 0.304. The number of hydrogen-bond acceptors (Lipinski definition) is 6. The summed E-state index contributed by atoms with van der Waals surface area (Å²) in [4.78, 5) is 38.6. The van der Waals surface area contributed by atoms with E-state index >= 15 is 0 Å². The summed E-state index contributed by atoms with van der Waals surface area (Å²) in [5.41, 5.74) is -1.35. The molecule has 0 unspecified atom stereocenters. The van der Waals surface area contributed by atoms with E-state index in [0.29, 0.717) is 11.3 Å². The topological polar surface area (TPSA) is 88.8 Å². The number of aryl methyl sites for hydroxylation is 1. The van der Waals surface area contributed by atoms with Crippen LogP contribution in [-0.4, -0.2) is 28.6 Å². The van der Waals surface area contributed by atoms with Crippen LogP contribution in [0.2, 0.25) is 0 Å². The van der Waals surface area contributed by atoms with Crippen molar-refractivity contribution >= 4 is 39.1 Å². The third-order valence-electron chi connectivity index (χ3n) is 6.18. The molecule has 2 aliphatic heterocycles. The maximum absolute atomic E-state index is 14.6. The number of likely N-dealkylation sites (N-methyl/N-ethyl adjacent to an activating group) is 1. The molecule has 2 aromatic rings. The van der Waals surface area contributed by atoms with Crippen molar-refractivity contribution in [2.75, 3.05) is 11.9 Å². The molecule has 10 heteroatoms. The van der Waals surface area contributed by atoms with E-state index in [-0.39, 0.29) is 52.0 Å². The first-order valence-electron chi connectivity index (χ1n) is 10.1. The number of ether oxygens (including phenoxy) is 1. The molecular formula is C23H19BrF2N2O5. The second-order valence-electron chi connectivity index (χ2n) is 7.94.